The first-order chi connectivity index (χ1) is 9.68. The van der Waals surface area contributed by atoms with Gasteiger partial charge in [-0.15, -0.1) is 0 Å². The predicted octanol–water partition coefficient (Wildman–Crippen LogP) is 2.52. The van der Waals surface area contributed by atoms with Crippen LogP contribution in [0.25, 0.3) is 0 Å². The summed E-state index contributed by atoms with van der Waals surface area (Å²) in [6.45, 7) is 6.26. The highest BCUT2D eigenvalue weighted by atomic mass is 16.2. The summed E-state index contributed by atoms with van der Waals surface area (Å²) in [6, 6.07) is 8.64. The van der Waals surface area contributed by atoms with Crippen LogP contribution in [0.5, 0.6) is 0 Å². The van der Waals surface area contributed by atoms with Crippen LogP contribution in [0.3, 0.4) is 0 Å². The molecule has 0 radical (unpaired) electrons. The summed E-state index contributed by atoms with van der Waals surface area (Å²) in [7, 11) is 0. The molecular formula is C17H24N2O. The number of hydrogen-bond donors (Lipinski definition) is 1. The van der Waals surface area contributed by atoms with Crippen molar-refractivity contribution >= 4 is 5.91 Å². The zero-order chi connectivity index (χ0) is 14.1. The molecule has 0 aliphatic carbocycles. The predicted molar refractivity (Wildman–Crippen MR) is 80.5 cm³/mol. The third-order valence-corrected chi connectivity index (χ3v) is 4.71. The number of amides is 1. The second-order valence-corrected chi connectivity index (χ2v) is 6.32. The maximum atomic E-state index is 12.9. The van der Waals surface area contributed by atoms with Crippen molar-refractivity contribution in [3.8, 4) is 0 Å². The fourth-order valence-corrected chi connectivity index (χ4v) is 3.65. The van der Waals surface area contributed by atoms with Gasteiger partial charge >= 0.3 is 0 Å². The van der Waals surface area contributed by atoms with Crippen molar-refractivity contribution in [2.75, 3.05) is 13.1 Å². The van der Waals surface area contributed by atoms with Crippen LogP contribution >= 0.6 is 0 Å². The van der Waals surface area contributed by atoms with E-state index in [-0.39, 0.29) is 11.9 Å². The summed E-state index contributed by atoms with van der Waals surface area (Å²) in [5.74, 6) is 0.814. The topological polar surface area (TPSA) is 32.3 Å². The Kier molecular flexibility index (Phi) is 3.79. The molecule has 2 unspecified atom stereocenters. The maximum absolute atomic E-state index is 12.9. The van der Waals surface area contributed by atoms with Gasteiger partial charge in [-0.3, -0.25) is 4.79 Å². The molecule has 20 heavy (non-hydrogen) atoms. The monoisotopic (exact) mass is 272 g/mol. The van der Waals surface area contributed by atoms with E-state index in [9.17, 15) is 4.79 Å². The fraction of sp³-hybridized carbons (Fsp3) is 0.588. The van der Waals surface area contributed by atoms with Gasteiger partial charge in [0.05, 0.1) is 0 Å². The summed E-state index contributed by atoms with van der Waals surface area (Å²) in [6.07, 6.45) is 3.31. The molecule has 3 rings (SSSR count). The van der Waals surface area contributed by atoms with E-state index in [2.05, 4.69) is 42.3 Å². The Morgan fingerprint density at radius 3 is 2.95 bits per heavy atom. The fourth-order valence-electron chi connectivity index (χ4n) is 3.65. The molecule has 108 valence electrons. The molecule has 1 saturated heterocycles. The van der Waals surface area contributed by atoms with E-state index in [0.29, 0.717) is 12.0 Å². The number of fused-ring (bicyclic) bond motifs is 1. The highest BCUT2D eigenvalue weighted by Crippen LogP contribution is 2.30. The van der Waals surface area contributed by atoms with Gasteiger partial charge < -0.3 is 10.2 Å². The standard InChI is InChI=1S/C17H24N2O/c1-12(2)15-8-5-11-19(15)17(20)16-14-7-4-3-6-13(14)9-10-18-16/h3-4,6-7,12,15-16,18H,5,8-11H2,1-2H3. The number of carbonyl (C=O) groups is 1. The minimum atomic E-state index is -0.140. The summed E-state index contributed by atoms with van der Waals surface area (Å²) < 4.78 is 0. The molecule has 2 aliphatic heterocycles. The molecule has 1 aromatic rings. The molecule has 2 aliphatic rings. The Bertz CT molecular complexity index is 498. The Balaban J connectivity index is 1.85. The largest absolute Gasteiger partial charge is 0.338 e. The lowest BCUT2D eigenvalue weighted by Gasteiger charge is -2.34. The average molecular weight is 272 g/mol. The van der Waals surface area contributed by atoms with Crippen LogP contribution in [-0.4, -0.2) is 29.9 Å². The number of nitrogens with one attached hydrogen (secondary N) is 1. The summed E-state index contributed by atoms with van der Waals surface area (Å²) in [5, 5.41) is 3.42. The van der Waals surface area contributed by atoms with Crippen molar-refractivity contribution in [3.05, 3.63) is 35.4 Å². The molecule has 1 amide bonds. The van der Waals surface area contributed by atoms with E-state index in [0.717, 1.165) is 32.4 Å². The third-order valence-electron chi connectivity index (χ3n) is 4.71. The van der Waals surface area contributed by atoms with Crippen molar-refractivity contribution in [2.24, 2.45) is 5.92 Å². The smallest absolute Gasteiger partial charge is 0.244 e. The second kappa shape index (κ2) is 5.57. The Morgan fingerprint density at radius 2 is 2.15 bits per heavy atom. The van der Waals surface area contributed by atoms with Crippen LogP contribution in [0.15, 0.2) is 24.3 Å². The number of hydrogen-bond acceptors (Lipinski definition) is 2. The molecule has 0 spiro atoms. The number of rotatable bonds is 2. The van der Waals surface area contributed by atoms with Gasteiger partial charge in [0.15, 0.2) is 0 Å². The van der Waals surface area contributed by atoms with E-state index in [4.69, 9.17) is 0 Å². The van der Waals surface area contributed by atoms with Gasteiger partial charge in [0.25, 0.3) is 0 Å². The van der Waals surface area contributed by atoms with Gasteiger partial charge in [0, 0.05) is 19.1 Å². The minimum absolute atomic E-state index is 0.140. The van der Waals surface area contributed by atoms with Crippen molar-refractivity contribution in [1.82, 2.24) is 10.2 Å². The third kappa shape index (κ3) is 2.35. The molecule has 1 aromatic carbocycles. The normalized spacial score (nSPS) is 25.9. The lowest BCUT2D eigenvalue weighted by molar-refractivity contribution is -0.135. The molecule has 0 aromatic heterocycles. The van der Waals surface area contributed by atoms with Crippen molar-refractivity contribution in [3.63, 3.8) is 0 Å². The van der Waals surface area contributed by atoms with Crippen LogP contribution in [0.2, 0.25) is 0 Å². The highest BCUT2D eigenvalue weighted by Gasteiger charge is 2.36. The van der Waals surface area contributed by atoms with Crippen LogP contribution in [0.1, 0.15) is 43.9 Å². The molecule has 0 saturated carbocycles. The zero-order valence-electron chi connectivity index (χ0n) is 12.4. The zero-order valence-corrected chi connectivity index (χ0v) is 12.4. The van der Waals surface area contributed by atoms with Crippen LogP contribution in [-0.2, 0) is 11.2 Å². The number of nitrogens with zero attached hydrogens (tertiary/aromatic N) is 1. The van der Waals surface area contributed by atoms with Crippen molar-refractivity contribution < 1.29 is 4.79 Å². The van der Waals surface area contributed by atoms with Gasteiger partial charge in [0.2, 0.25) is 5.91 Å². The number of benzene rings is 1. The SMILES string of the molecule is CC(C)C1CCCN1C(=O)C1NCCc2ccccc21. The molecule has 2 atom stereocenters. The lowest BCUT2D eigenvalue weighted by atomic mass is 9.93. The first-order valence-corrected chi connectivity index (χ1v) is 7.80. The lowest BCUT2D eigenvalue weighted by Crippen LogP contribution is -2.47. The molecule has 3 nitrogen and oxygen atoms in total. The van der Waals surface area contributed by atoms with E-state index >= 15 is 0 Å². The van der Waals surface area contributed by atoms with E-state index in [1.165, 1.54) is 11.1 Å². The number of carbonyl (C=O) groups excluding carboxylic acids is 1. The molecule has 0 bridgehead atoms. The highest BCUT2D eigenvalue weighted by molar-refractivity contribution is 5.84. The van der Waals surface area contributed by atoms with Gasteiger partial charge in [0.1, 0.15) is 6.04 Å². The second-order valence-electron chi connectivity index (χ2n) is 6.32. The Morgan fingerprint density at radius 1 is 1.35 bits per heavy atom. The molecule has 3 heteroatoms. The quantitative estimate of drug-likeness (QED) is 0.897. The maximum Gasteiger partial charge on any atom is 0.244 e. The van der Waals surface area contributed by atoms with Crippen LogP contribution in [0, 0.1) is 5.92 Å². The summed E-state index contributed by atoms with van der Waals surface area (Å²) >= 11 is 0. The minimum Gasteiger partial charge on any atom is -0.338 e. The van der Waals surface area contributed by atoms with Gasteiger partial charge in [-0.05, 0) is 36.3 Å². The van der Waals surface area contributed by atoms with Gasteiger partial charge in [-0.25, -0.2) is 0 Å². The van der Waals surface area contributed by atoms with E-state index < -0.39 is 0 Å². The van der Waals surface area contributed by atoms with E-state index in [1.54, 1.807) is 0 Å². The van der Waals surface area contributed by atoms with Crippen LogP contribution in [0.4, 0.5) is 0 Å². The number of likely N-dealkylation sites (tertiary alicyclic amines) is 1. The molecule has 1 N–H and O–H groups in total. The molecular weight excluding hydrogens is 248 g/mol. The van der Waals surface area contributed by atoms with E-state index in [1.807, 2.05) is 6.07 Å². The molecule has 2 heterocycles. The van der Waals surface area contributed by atoms with Crippen LogP contribution < -0.4 is 5.32 Å². The average Bonchev–Trinajstić information content (AvgIpc) is 2.95. The van der Waals surface area contributed by atoms with Crippen molar-refractivity contribution in [2.45, 2.75) is 45.2 Å². The van der Waals surface area contributed by atoms with Crippen molar-refractivity contribution in [1.29, 1.82) is 0 Å². The van der Waals surface area contributed by atoms with Gasteiger partial charge in [-0.2, -0.15) is 0 Å². The summed E-state index contributed by atoms with van der Waals surface area (Å²) in [5.41, 5.74) is 2.50. The first kappa shape index (κ1) is 13.6. The van der Waals surface area contributed by atoms with Gasteiger partial charge in [-0.1, -0.05) is 38.1 Å². The Hall–Kier alpha value is -1.35. The Labute approximate surface area is 121 Å². The first-order valence-electron chi connectivity index (χ1n) is 7.80. The molecule has 1 fully saturated rings. The summed E-state index contributed by atoms with van der Waals surface area (Å²) in [4.78, 5) is 15.1.